The molecule has 1 aromatic carbocycles. The number of nitrogens with zero attached hydrogens (tertiary/aromatic N) is 1. The minimum atomic E-state index is -0.0806. The van der Waals surface area contributed by atoms with E-state index in [1.54, 1.807) is 7.11 Å². The Morgan fingerprint density at radius 2 is 2.23 bits per heavy atom. The van der Waals surface area contributed by atoms with Crippen LogP contribution in [0.25, 0.3) is 0 Å². The molecule has 0 bridgehead atoms. The molecule has 0 spiro atoms. The number of nitrogens with one attached hydrogen (secondary N) is 1. The van der Waals surface area contributed by atoms with Gasteiger partial charge in [-0.3, -0.25) is 9.59 Å². The van der Waals surface area contributed by atoms with Crippen LogP contribution in [0.2, 0.25) is 0 Å². The third kappa shape index (κ3) is 4.23. The van der Waals surface area contributed by atoms with Crippen LogP contribution in [0, 0.1) is 5.92 Å². The first-order valence-electron chi connectivity index (χ1n) is 7.82. The first-order valence-corrected chi connectivity index (χ1v) is 7.82. The number of likely N-dealkylation sites (tertiary alicyclic amines) is 1. The number of hydrogen-bond donors (Lipinski definition) is 1. The predicted octanol–water partition coefficient (Wildman–Crippen LogP) is 1.61. The van der Waals surface area contributed by atoms with Crippen LogP contribution in [0.3, 0.4) is 0 Å². The SMILES string of the molecule is CCNC(=O)C1CCCN(C(=O)Cc2cccc(OC)c2)C1. The number of methoxy groups -OCH3 is 1. The molecule has 1 aliphatic rings. The van der Waals surface area contributed by atoms with Crippen molar-refractivity contribution in [3.63, 3.8) is 0 Å². The maximum Gasteiger partial charge on any atom is 0.227 e. The molecule has 1 aliphatic heterocycles. The van der Waals surface area contributed by atoms with Crippen LogP contribution in [-0.2, 0) is 16.0 Å². The minimum Gasteiger partial charge on any atom is -0.497 e. The second-order valence-electron chi connectivity index (χ2n) is 5.60. The summed E-state index contributed by atoms with van der Waals surface area (Å²) in [6.45, 7) is 3.80. The van der Waals surface area contributed by atoms with E-state index in [0.29, 0.717) is 19.5 Å². The molecule has 5 heteroatoms. The van der Waals surface area contributed by atoms with E-state index in [4.69, 9.17) is 4.74 Å². The maximum absolute atomic E-state index is 12.4. The zero-order valence-electron chi connectivity index (χ0n) is 13.3. The standard InChI is InChI=1S/C17H24N2O3/c1-3-18-17(21)14-7-5-9-19(12-14)16(20)11-13-6-4-8-15(10-13)22-2/h4,6,8,10,14H,3,5,7,9,11-12H2,1-2H3,(H,18,21). The Morgan fingerprint density at radius 1 is 1.41 bits per heavy atom. The van der Waals surface area contributed by atoms with E-state index in [1.165, 1.54) is 0 Å². The van der Waals surface area contributed by atoms with Gasteiger partial charge in [-0.05, 0) is 37.5 Å². The Hall–Kier alpha value is -2.04. The van der Waals surface area contributed by atoms with Gasteiger partial charge < -0.3 is 15.0 Å². The first-order chi connectivity index (χ1) is 10.6. The van der Waals surface area contributed by atoms with Gasteiger partial charge in [0.25, 0.3) is 0 Å². The van der Waals surface area contributed by atoms with E-state index >= 15 is 0 Å². The van der Waals surface area contributed by atoms with Crippen molar-refractivity contribution in [3.05, 3.63) is 29.8 Å². The van der Waals surface area contributed by atoms with Crippen molar-refractivity contribution >= 4 is 11.8 Å². The van der Waals surface area contributed by atoms with Crippen molar-refractivity contribution in [2.24, 2.45) is 5.92 Å². The Labute approximate surface area is 131 Å². The molecule has 1 aromatic rings. The van der Waals surface area contributed by atoms with Gasteiger partial charge in [-0.2, -0.15) is 0 Å². The minimum absolute atomic E-state index is 0.0568. The second-order valence-corrected chi connectivity index (χ2v) is 5.60. The molecule has 1 N–H and O–H groups in total. The molecular weight excluding hydrogens is 280 g/mol. The quantitative estimate of drug-likeness (QED) is 0.899. The lowest BCUT2D eigenvalue weighted by Gasteiger charge is -2.32. The average Bonchev–Trinajstić information content (AvgIpc) is 2.55. The van der Waals surface area contributed by atoms with Gasteiger partial charge in [0.15, 0.2) is 0 Å². The maximum atomic E-state index is 12.4. The van der Waals surface area contributed by atoms with Crippen molar-refractivity contribution < 1.29 is 14.3 Å². The second kappa shape index (κ2) is 7.82. The molecule has 0 aromatic heterocycles. The molecule has 1 fully saturated rings. The van der Waals surface area contributed by atoms with Crippen molar-refractivity contribution in [3.8, 4) is 5.75 Å². The van der Waals surface area contributed by atoms with Crippen molar-refractivity contribution in [2.75, 3.05) is 26.7 Å². The topological polar surface area (TPSA) is 58.6 Å². The highest BCUT2D eigenvalue weighted by molar-refractivity contribution is 5.82. The molecule has 0 radical (unpaired) electrons. The summed E-state index contributed by atoms with van der Waals surface area (Å²) in [6, 6.07) is 7.55. The van der Waals surface area contributed by atoms with Crippen molar-refractivity contribution in [2.45, 2.75) is 26.2 Å². The zero-order chi connectivity index (χ0) is 15.9. The van der Waals surface area contributed by atoms with E-state index in [2.05, 4.69) is 5.32 Å². The summed E-state index contributed by atoms with van der Waals surface area (Å²) in [6.07, 6.45) is 2.08. The molecule has 22 heavy (non-hydrogen) atoms. The number of carbonyl (C=O) groups excluding carboxylic acids is 2. The number of rotatable bonds is 5. The number of ether oxygens (including phenoxy) is 1. The van der Waals surface area contributed by atoms with E-state index in [-0.39, 0.29) is 17.7 Å². The van der Waals surface area contributed by atoms with Crippen LogP contribution in [0.4, 0.5) is 0 Å². The van der Waals surface area contributed by atoms with Crippen LogP contribution >= 0.6 is 0 Å². The Morgan fingerprint density at radius 3 is 2.95 bits per heavy atom. The van der Waals surface area contributed by atoms with Gasteiger partial charge in [0, 0.05) is 19.6 Å². The smallest absolute Gasteiger partial charge is 0.227 e. The summed E-state index contributed by atoms with van der Waals surface area (Å²) in [5, 5.41) is 2.85. The monoisotopic (exact) mass is 304 g/mol. The molecule has 5 nitrogen and oxygen atoms in total. The van der Waals surface area contributed by atoms with E-state index < -0.39 is 0 Å². The summed E-state index contributed by atoms with van der Waals surface area (Å²) in [5.74, 6) is 0.802. The fourth-order valence-electron chi connectivity index (χ4n) is 2.81. The molecule has 1 saturated heterocycles. The largest absolute Gasteiger partial charge is 0.497 e. The lowest BCUT2D eigenvalue weighted by molar-refractivity contribution is -0.135. The molecular formula is C17H24N2O3. The lowest BCUT2D eigenvalue weighted by Crippen LogP contribution is -2.45. The Bertz CT molecular complexity index is 530. The summed E-state index contributed by atoms with van der Waals surface area (Å²) >= 11 is 0. The van der Waals surface area contributed by atoms with Gasteiger partial charge in [-0.25, -0.2) is 0 Å². The normalized spacial score (nSPS) is 17.9. The number of carbonyl (C=O) groups is 2. The van der Waals surface area contributed by atoms with Gasteiger partial charge in [0.05, 0.1) is 19.4 Å². The van der Waals surface area contributed by atoms with Gasteiger partial charge in [0.1, 0.15) is 5.75 Å². The summed E-state index contributed by atoms with van der Waals surface area (Å²) in [5.41, 5.74) is 0.935. The van der Waals surface area contributed by atoms with E-state index in [1.807, 2.05) is 36.1 Å². The van der Waals surface area contributed by atoms with Crippen LogP contribution < -0.4 is 10.1 Å². The average molecular weight is 304 g/mol. The van der Waals surface area contributed by atoms with Crippen LogP contribution in [-0.4, -0.2) is 43.5 Å². The van der Waals surface area contributed by atoms with Crippen LogP contribution in [0.5, 0.6) is 5.75 Å². The molecule has 2 amide bonds. The van der Waals surface area contributed by atoms with Crippen molar-refractivity contribution in [1.82, 2.24) is 10.2 Å². The summed E-state index contributed by atoms with van der Waals surface area (Å²) in [7, 11) is 1.61. The molecule has 0 aliphatic carbocycles. The third-order valence-electron chi connectivity index (χ3n) is 3.99. The predicted molar refractivity (Wildman–Crippen MR) is 84.7 cm³/mol. The molecule has 2 rings (SSSR count). The number of piperidine rings is 1. The highest BCUT2D eigenvalue weighted by atomic mass is 16.5. The van der Waals surface area contributed by atoms with Crippen molar-refractivity contribution in [1.29, 1.82) is 0 Å². The van der Waals surface area contributed by atoms with Gasteiger partial charge in [-0.1, -0.05) is 12.1 Å². The first kappa shape index (κ1) is 16.3. The highest BCUT2D eigenvalue weighted by Crippen LogP contribution is 2.19. The molecule has 1 unspecified atom stereocenters. The van der Waals surface area contributed by atoms with E-state index in [9.17, 15) is 9.59 Å². The molecule has 0 saturated carbocycles. The summed E-state index contributed by atoms with van der Waals surface area (Å²) in [4.78, 5) is 26.2. The fraction of sp³-hybridized carbons (Fsp3) is 0.529. The highest BCUT2D eigenvalue weighted by Gasteiger charge is 2.27. The fourth-order valence-corrected chi connectivity index (χ4v) is 2.81. The number of amides is 2. The number of benzene rings is 1. The van der Waals surface area contributed by atoms with E-state index in [0.717, 1.165) is 30.7 Å². The lowest BCUT2D eigenvalue weighted by atomic mass is 9.96. The molecule has 120 valence electrons. The van der Waals surface area contributed by atoms with Crippen LogP contribution in [0.15, 0.2) is 24.3 Å². The third-order valence-corrected chi connectivity index (χ3v) is 3.99. The molecule has 1 atom stereocenters. The van der Waals surface area contributed by atoms with Gasteiger partial charge in [0.2, 0.25) is 11.8 Å². The Balaban J connectivity index is 1.95. The summed E-state index contributed by atoms with van der Waals surface area (Å²) < 4.78 is 5.18. The molecule has 1 heterocycles. The van der Waals surface area contributed by atoms with Gasteiger partial charge >= 0.3 is 0 Å². The van der Waals surface area contributed by atoms with Gasteiger partial charge in [-0.15, -0.1) is 0 Å². The zero-order valence-corrected chi connectivity index (χ0v) is 13.3. The number of hydrogen-bond acceptors (Lipinski definition) is 3. The van der Waals surface area contributed by atoms with Crippen LogP contribution in [0.1, 0.15) is 25.3 Å². The Kier molecular flexibility index (Phi) is 5.81.